The molecule has 0 radical (unpaired) electrons. The minimum atomic E-state index is -0.326. The molecule has 3 aromatic rings. The number of hydrogen-bond acceptors (Lipinski definition) is 6. The van der Waals surface area contributed by atoms with E-state index in [9.17, 15) is 9.59 Å². The van der Waals surface area contributed by atoms with Crippen LogP contribution < -0.4 is 10.9 Å². The molecule has 0 fully saturated rings. The van der Waals surface area contributed by atoms with Crippen LogP contribution in [0.5, 0.6) is 0 Å². The Balaban J connectivity index is 1.81. The Hall–Kier alpha value is -1.90. The molecule has 0 aliphatic heterocycles. The molecule has 0 aliphatic carbocycles. The largest absolute Gasteiger partial charge is 0.324 e. The third kappa shape index (κ3) is 3.45. The SMILES string of the molecule is CSc1nc2ncn(CC(=O)Nc3ccc(C)c(Cl)c3)c(=O)c2s1. The zero-order valence-corrected chi connectivity index (χ0v) is 15.3. The number of halogens is 1. The van der Waals surface area contributed by atoms with Crippen molar-refractivity contribution in [1.82, 2.24) is 14.5 Å². The maximum absolute atomic E-state index is 12.4. The lowest BCUT2D eigenvalue weighted by Crippen LogP contribution is -2.27. The van der Waals surface area contributed by atoms with Crippen molar-refractivity contribution in [3.63, 3.8) is 0 Å². The van der Waals surface area contributed by atoms with Crippen molar-refractivity contribution in [1.29, 1.82) is 0 Å². The van der Waals surface area contributed by atoms with Gasteiger partial charge in [-0.3, -0.25) is 14.2 Å². The Morgan fingerprint density at radius 3 is 2.96 bits per heavy atom. The fourth-order valence-electron chi connectivity index (χ4n) is 2.05. The third-order valence-electron chi connectivity index (χ3n) is 3.31. The van der Waals surface area contributed by atoms with E-state index < -0.39 is 0 Å². The van der Waals surface area contributed by atoms with Crippen molar-refractivity contribution in [2.45, 2.75) is 17.8 Å². The lowest BCUT2D eigenvalue weighted by atomic mass is 10.2. The average Bonchev–Trinajstić information content (AvgIpc) is 2.98. The molecule has 2 heterocycles. The van der Waals surface area contributed by atoms with Crippen LogP contribution in [-0.2, 0) is 11.3 Å². The van der Waals surface area contributed by atoms with E-state index in [2.05, 4.69) is 15.3 Å². The molecule has 3 rings (SSSR count). The van der Waals surface area contributed by atoms with Gasteiger partial charge in [-0.25, -0.2) is 9.97 Å². The van der Waals surface area contributed by atoms with E-state index in [0.29, 0.717) is 21.1 Å². The van der Waals surface area contributed by atoms with Crippen LogP contribution in [0, 0.1) is 6.92 Å². The molecule has 0 aliphatic rings. The number of hydrogen-bond donors (Lipinski definition) is 1. The number of carbonyl (C=O) groups is 1. The standard InChI is InChI=1S/C15H13ClN4O2S2/c1-8-3-4-9(5-10(8)16)18-11(21)6-20-7-17-13-12(14(20)22)24-15(19-13)23-2/h3-5,7H,6H2,1-2H3,(H,18,21). The molecule has 6 nitrogen and oxygen atoms in total. The van der Waals surface area contributed by atoms with Crippen molar-refractivity contribution in [3.05, 3.63) is 45.5 Å². The van der Waals surface area contributed by atoms with Gasteiger partial charge in [-0.2, -0.15) is 0 Å². The van der Waals surface area contributed by atoms with Gasteiger partial charge < -0.3 is 5.32 Å². The molecule has 1 aromatic carbocycles. The van der Waals surface area contributed by atoms with Crippen LogP contribution >= 0.6 is 34.7 Å². The number of carbonyl (C=O) groups excluding carboxylic acids is 1. The number of fused-ring (bicyclic) bond motifs is 1. The van der Waals surface area contributed by atoms with Crippen molar-refractivity contribution < 1.29 is 4.79 Å². The number of nitrogens with zero attached hydrogens (tertiary/aromatic N) is 3. The summed E-state index contributed by atoms with van der Waals surface area (Å²) in [6, 6.07) is 5.25. The lowest BCUT2D eigenvalue weighted by molar-refractivity contribution is -0.116. The number of aryl methyl sites for hydroxylation is 1. The summed E-state index contributed by atoms with van der Waals surface area (Å²) in [6.45, 7) is 1.76. The van der Waals surface area contributed by atoms with Gasteiger partial charge in [0, 0.05) is 10.7 Å². The molecule has 0 saturated carbocycles. The normalized spacial score (nSPS) is 11.0. The van der Waals surface area contributed by atoms with E-state index >= 15 is 0 Å². The van der Waals surface area contributed by atoms with Gasteiger partial charge in [0.2, 0.25) is 5.91 Å². The first-order valence-electron chi connectivity index (χ1n) is 6.94. The second-order valence-electron chi connectivity index (χ2n) is 5.03. The zero-order chi connectivity index (χ0) is 17.3. The predicted molar refractivity (Wildman–Crippen MR) is 98.3 cm³/mol. The number of thioether (sulfide) groups is 1. The number of benzene rings is 1. The number of amides is 1. The van der Waals surface area contributed by atoms with Crippen LogP contribution in [0.3, 0.4) is 0 Å². The zero-order valence-electron chi connectivity index (χ0n) is 12.9. The minimum Gasteiger partial charge on any atom is -0.324 e. The van der Waals surface area contributed by atoms with Gasteiger partial charge in [-0.15, -0.1) is 11.3 Å². The summed E-state index contributed by atoms with van der Waals surface area (Å²) in [6.07, 6.45) is 3.23. The average molecular weight is 381 g/mol. The fraction of sp³-hybridized carbons (Fsp3) is 0.200. The van der Waals surface area contributed by atoms with E-state index in [4.69, 9.17) is 11.6 Å². The van der Waals surface area contributed by atoms with Gasteiger partial charge in [0.15, 0.2) is 9.99 Å². The molecule has 1 amide bonds. The van der Waals surface area contributed by atoms with Gasteiger partial charge in [0.05, 0.1) is 0 Å². The van der Waals surface area contributed by atoms with Crippen molar-refractivity contribution in [2.75, 3.05) is 11.6 Å². The molecule has 0 atom stereocenters. The lowest BCUT2D eigenvalue weighted by Gasteiger charge is -2.08. The molecular weight excluding hydrogens is 368 g/mol. The molecular formula is C15H13ClN4O2S2. The fourth-order valence-corrected chi connectivity index (χ4v) is 3.70. The first-order chi connectivity index (χ1) is 11.5. The van der Waals surface area contributed by atoms with Crippen molar-refractivity contribution in [3.8, 4) is 0 Å². The van der Waals surface area contributed by atoms with Crippen molar-refractivity contribution in [2.24, 2.45) is 0 Å². The molecule has 0 unspecified atom stereocenters. The minimum absolute atomic E-state index is 0.125. The number of anilines is 1. The molecule has 124 valence electrons. The van der Waals surface area contributed by atoms with Crippen LogP contribution in [0.2, 0.25) is 5.02 Å². The maximum atomic E-state index is 12.4. The highest BCUT2D eigenvalue weighted by Crippen LogP contribution is 2.24. The van der Waals surface area contributed by atoms with E-state index in [0.717, 1.165) is 9.90 Å². The number of aromatic nitrogens is 3. The first-order valence-corrected chi connectivity index (χ1v) is 9.36. The third-order valence-corrected chi connectivity index (χ3v) is 5.73. The summed E-state index contributed by atoms with van der Waals surface area (Å²) >= 11 is 8.77. The Morgan fingerprint density at radius 1 is 1.46 bits per heavy atom. The summed E-state index contributed by atoms with van der Waals surface area (Å²) in [7, 11) is 0. The maximum Gasteiger partial charge on any atom is 0.273 e. The number of nitrogens with one attached hydrogen (secondary N) is 1. The monoisotopic (exact) mass is 380 g/mol. The summed E-state index contributed by atoms with van der Waals surface area (Å²) < 4.78 is 2.49. The van der Waals surface area contributed by atoms with E-state index in [1.54, 1.807) is 12.1 Å². The Labute approximate surface area is 150 Å². The Bertz CT molecular complexity index is 983. The molecule has 0 bridgehead atoms. The summed E-state index contributed by atoms with van der Waals surface area (Å²) in [5.41, 5.74) is 1.65. The second kappa shape index (κ2) is 6.92. The molecule has 1 N–H and O–H groups in total. The van der Waals surface area contributed by atoms with Crippen LogP contribution in [0.25, 0.3) is 10.3 Å². The van der Waals surface area contributed by atoms with Crippen molar-refractivity contribution >= 4 is 56.6 Å². The van der Waals surface area contributed by atoms with Crippen LogP contribution in [0.15, 0.2) is 33.7 Å². The number of thiazole rings is 1. The highest BCUT2D eigenvalue weighted by Gasteiger charge is 2.12. The molecule has 0 saturated heterocycles. The summed E-state index contributed by atoms with van der Waals surface area (Å²) in [4.78, 5) is 33.0. The van der Waals surface area contributed by atoms with Gasteiger partial charge in [-0.05, 0) is 30.9 Å². The topological polar surface area (TPSA) is 76.9 Å². The van der Waals surface area contributed by atoms with Crippen LogP contribution in [0.1, 0.15) is 5.56 Å². The summed E-state index contributed by atoms with van der Waals surface area (Å²) in [5.74, 6) is -0.326. The molecule has 0 spiro atoms. The van der Waals surface area contributed by atoms with Gasteiger partial charge in [0.25, 0.3) is 5.56 Å². The number of rotatable bonds is 4. The Morgan fingerprint density at radius 2 is 2.25 bits per heavy atom. The second-order valence-corrected chi connectivity index (χ2v) is 7.49. The van der Waals surface area contributed by atoms with Crippen LogP contribution in [0.4, 0.5) is 5.69 Å². The predicted octanol–water partition coefficient (Wildman–Crippen LogP) is 3.18. The molecule has 24 heavy (non-hydrogen) atoms. The smallest absolute Gasteiger partial charge is 0.273 e. The quantitative estimate of drug-likeness (QED) is 0.703. The van der Waals surface area contributed by atoms with Crippen LogP contribution in [-0.4, -0.2) is 26.7 Å². The van der Waals surface area contributed by atoms with Gasteiger partial charge in [-0.1, -0.05) is 29.4 Å². The molecule has 9 heteroatoms. The van der Waals surface area contributed by atoms with E-state index in [-0.39, 0.29) is 18.0 Å². The summed E-state index contributed by atoms with van der Waals surface area (Å²) in [5, 5.41) is 3.29. The van der Waals surface area contributed by atoms with Gasteiger partial charge >= 0.3 is 0 Å². The molecule has 2 aromatic heterocycles. The van der Waals surface area contributed by atoms with E-state index in [1.807, 2.05) is 19.2 Å². The highest BCUT2D eigenvalue weighted by atomic mass is 35.5. The highest BCUT2D eigenvalue weighted by molar-refractivity contribution is 8.00. The van der Waals surface area contributed by atoms with Gasteiger partial charge in [0.1, 0.15) is 17.6 Å². The van der Waals surface area contributed by atoms with E-state index in [1.165, 1.54) is 34.0 Å². The Kier molecular flexibility index (Phi) is 4.88. The first kappa shape index (κ1) is 16.9.